The SMILES string of the molecule is Cn1cnnc1CNC1CCc2cc(Br)ccc21. The van der Waals surface area contributed by atoms with Crippen LogP contribution in [0.1, 0.15) is 29.4 Å². The molecule has 1 unspecified atom stereocenters. The predicted octanol–water partition coefficient (Wildman–Crippen LogP) is 2.35. The molecule has 0 saturated carbocycles. The third-order valence-electron chi connectivity index (χ3n) is 3.49. The molecular formula is C13H15BrN4. The Morgan fingerprint density at radius 3 is 3.17 bits per heavy atom. The second-order valence-corrected chi connectivity index (χ2v) is 5.59. The molecule has 5 heteroatoms. The van der Waals surface area contributed by atoms with Gasteiger partial charge in [0.2, 0.25) is 0 Å². The Morgan fingerprint density at radius 1 is 1.50 bits per heavy atom. The lowest BCUT2D eigenvalue weighted by molar-refractivity contribution is 0.511. The first-order chi connectivity index (χ1) is 8.74. The first-order valence-electron chi connectivity index (χ1n) is 6.08. The second-order valence-electron chi connectivity index (χ2n) is 4.67. The van der Waals surface area contributed by atoms with Gasteiger partial charge >= 0.3 is 0 Å². The van der Waals surface area contributed by atoms with Crippen molar-refractivity contribution in [2.24, 2.45) is 7.05 Å². The topological polar surface area (TPSA) is 42.7 Å². The van der Waals surface area contributed by atoms with Crippen LogP contribution in [0.5, 0.6) is 0 Å². The van der Waals surface area contributed by atoms with Crippen molar-refractivity contribution in [3.8, 4) is 0 Å². The van der Waals surface area contributed by atoms with Crippen molar-refractivity contribution in [3.63, 3.8) is 0 Å². The number of nitrogens with zero attached hydrogens (tertiary/aromatic N) is 3. The van der Waals surface area contributed by atoms with E-state index in [2.05, 4.69) is 49.6 Å². The summed E-state index contributed by atoms with van der Waals surface area (Å²) in [5, 5.41) is 11.5. The third-order valence-corrected chi connectivity index (χ3v) is 3.99. The Morgan fingerprint density at radius 2 is 2.39 bits per heavy atom. The Hall–Kier alpha value is -1.20. The van der Waals surface area contributed by atoms with Gasteiger partial charge in [0.15, 0.2) is 0 Å². The van der Waals surface area contributed by atoms with Crippen LogP contribution in [0.25, 0.3) is 0 Å². The minimum absolute atomic E-state index is 0.435. The Labute approximate surface area is 115 Å². The van der Waals surface area contributed by atoms with Crippen LogP contribution in [0.4, 0.5) is 0 Å². The lowest BCUT2D eigenvalue weighted by Gasteiger charge is -2.13. The number of benzene rings is 1. The molecule has 94 valence electrons. The third kappa shape index (κ3) is 2.20. The molecule has 0 saturated heterocycles. The molecule has 1 aromatic heterocycles. The minimum atomic E-state index is 0.435. The molecule has 3 rings (SSSR count). The van der Waals surface area contributed by atoms with Gasteiger partial charge in [0.25, 0.3) is 0 Å². The molecule has 2 aromatic rings. The van der Waals surface area contributed by atoms with Crippen molar-refractivity contribution in [2.45, 2.75) is 25.4 Å². The summed E-state index contributed by atoms with van der Waals surface area (Å²) in [7, 11) is 1.97. The highest BCUT2D eigenvalue weighted by Crippen LogP contribution is 2.32. The maximum atomic E-state index is 4.09. The van der Waals surface area contributed by atoms with E-state index in [4.69, 9.17) is 0 Å². The predicted molar refractivity (Wildman–Crippen MR) is 73.0 cm³/mol. The van der Waals surface area contributed by atoms with Crippen molar-refractivity contribution in [1.29, 1.82) is 0 Å². The summed E-state index contributed by atoms with van der Waals surface area (Å²) in [5.74, 6) is 0.973. The standard InChI is InChI=1S/C13H15BrN4/c1-18-8-16-17-13(18)7-15-12-5-2-9-6-10(14)3-4-11(9)12/h3-4,6,8,12,15H,2,5,7H2,1H3. The average molecular weight is 307 g/mol. The molecule has 1 atom stereocenters. The zero-order valence-electron chi connectivity index (χ0n) is 10.2. The quantitative estimate of drug-likeness (QED) is 0.946. The minimum Gasteiger partial charge on any atom is -0.320 e. The smallest absolute Gasteiger partial charge is 0.146 e. The molecule has 0 radical (unpaired) electrons. The number of aryl methyl sites for hydroxylation is 2. The van der Waals surface area contributed by atoms with Crippen molar-refractivity contribution < 1.29 is 0 Å². The van der Waals surface area contributed by atoms with Crippen LogP contribution in [-0.4, -0.2) is 14.8 Å². The summed E-state index contributed by atoms with van der Waals surface area (Å²) >= 11 is 3.52. The summed E-state index contributed by atoms with van der Waals surface area (Å²) in [6, 6.07) is 6.98. The molecule has 0 spiro atoms. The van der Waals surface area contributed by atoms with Gasteiger partial charge in [-0.05, 0) is 36.1 Å². The summed E-state index contributed by atoms with van der Waals surface area (Å²) in [6.07, 6.45) is 4.03. The van der Waals surface area contributed by atoms with E-state index < -0.39 is 0 Å². The second kappa shape index (κ2) is 4.82. The zero-order chi connectivity index (χ0) is 12.5. The van der Waals surface area contributed by atoms with Gasteiger partial charge in [0.1, 0.15) is 12.2 Å². The van der Waals surface area contributed by atoms with Crippen molar-refractivity contribution in [2.75, 3.05) is 0 Å². The molecule has 1 aliphatic rings. The number of rotatable bonds is 3. The van der Waals surface area contributed by atoms with E-state index in [1.165, 1.54) is 11.1 Å². The fraction of sp³-hybridized carbons (Fsp3) is 0.385. The van der Waals surface area contributed by atoms with Crippen molar-refractivity contribution in [1.82, 2.24) is 20.1 Å². The van der Waals surface area contributed by atoms with Gasteiger partial charge < -0.3 is 9.88 Å². The number of hydrogen-bond acceptors (Lipinski definition) is 3. The molecule has 1 aliphatic carbocycles. The molecule has 1 N–H and O–H groups in total. The highest BCUT2D eigenvalue weighted by molar-refractivity contribution is 9.10. The Bertz CT molecular complexity index is 564. The van der Waals surface area contributed by atoms with Crippen LogP contribution in [-0.2, 0) is 20.0 Å². The highest BCUT2D eigenvalue weighted by atomic mass is 79.9. The van der Waals surface area contributed by atoms with E-state index in [1.807, 2.05) is 11.6 Å². The summed E-state index contributed by atoms with van der Waals surface area (Å²) in [5.41, 5.74) is 2.86. The van der Waals surface area contributed by atoms with Crippen LogP contribution in [0.3, 0.4) is 0 Å². The molecule has 1 aromatic carbocycles. The highest BCUT2D eigenvalue weighted by Gasteiger charge is 2.22. The monoisotopic (exact) mass is 306 g/mol. The average Bonchev–Trinajstić information content (AvgIpc) is 2.93. The normalized spacial score (nSPS) is 18.0. The Kier molecular flexibility index (Phi) is 3.18. The summed E-state index contributed by atoms with van der Waals surface area (Å²) in [6.45, 7) is 0.761. The fourth-order valence-electron chi connectivity index (χ4n) is 2.48. The molecule has 1 heterocycles. The van der Waals surface area contributed by atoms with Crippen molar-refractivity contribution >= 4 is 15.9 Å². The summed E-state index contributed by atoms with van der Waals surface area (Å²) in [4.78, 5) is 0. The molecule has 0 aliphatic heterocycles. The lowest BCUT2D eigenvalue weighted by atomic mass is 10.1. The van der Waals surface area contributed by atoms with Crippen molar-refractivity contribution in [3.05, 3.63) is 46.0 Å². The molecular weight excluding hydrogens is 292 g/mol. The fourth-order valence-corrected chi connectivity index (χ4v) is 2.89. The largest absolute Gasteiger partial charge is 0.320 e. The van der Waals surface area contributed by atoms with Gasteiger partial charge in [-0.25, -0.2) is 0 Å². The maximum absolute atomic E-state index is 4.09. The number of fused-ring (bicyclic) bond motifs is 1. The molecule has 0 bridgehead atoms. The first kappa shape index (κ1) is 11.9. The number of hydrogen-bond donors (Lipinski definition) is 1. The number of halogens is 1. The van der Waals surface area contributed by atoms with Gasteiger partial charge in [-0.15, -0.1) is 10.2 Å². The Balaban J connectivity index is 1.71. The van der Waals surface area contributed by atoms with Crippen LogP contribution in [0, 0.1) is 0 Å². The molecule has 18 heavy (non-hydrogen) atoms. The molecule has 0 amide bonds. The lowest BCUT2D eigenvalue weighted by Crippen LogP contribution is -2.20. The van der Waals surface area contributed by atoms with E-state index in [9.17, 15) is 0 Å². The molecule has 0 fully saturated rings. The van der Waals surface area contributed by atoms with Gasteiger partial charge in [-0.2, -0.15) is 0 Å². The van der Waals surface area contributed by atoms with Gasteiger partial charge in [-0.1, -0.05) is 22.0 Å². The first-order valence-corrected chi connectivity index (χ1v) is 6.88. The van der Waals surface area contributed by atoms with E-state index in [0.717, 1.165) is 29.7 Å². The molecule has 4 nitrogen and oxygen atoms in total. The maximum Gasteiger partial charge on any atom is 0.146 e. The summed E-state index contributed by atoms with van der Waals surface area (Å²) < 4.78 is 3.11. The van der Waals surface area contributed by atoms with Crippen LogP contribution < -0.4 is 5.32 Å². The van der Waals surface area contributed by atoms with Gasteiger partial charge in [0.05, 0.1) is 6.54 Å². The number of nitrogens with one attached hydrogen (secondary N) is 1. The van der Waals surface area contributed by atoms with Gasteiger partial charge in [-0.3, -0.25) is 0 Å². The van der Waals surface area contributed by atoms with E-state index in [-0.39, 0.29) is 0 Å². The van der Waals surface area contributed by atoms with Gasteiger partial charge in [0, 0.05) is 17.6 Å². The van der Waals surface area contributed by atoms with E-state index in [0.29, 0.717) is 6.04 Å². The van der Waals surface area contributed by atoms with Crippen LogP contribution in [0.2, 0.25) is 0 Å². The van der Waals surface area contributed by atoms with E-state index in [1.54, 1.807) is 6.33 Å². The van der Waals surface area contributed by atoms with Crippen LogP contribution >= 0.6 is 15.9 Å². The number of aromatic nitrogens is 3. The zero-order valence-corrected chi connectivity index (χ0v) is 11.8. The van der Waals surface area contributed by atoms with Crippen LogP contribution in [0.15, 0.2) is 29.0 Å². The van der Waals surface area contributed by atoms with E-state index >= 15 is 0 Å².